The Hall–Kier alpha value is -2.86. The molecule has 1 amide bonds. The van der Waals surface area contributed by atoms with Crippen LogP contribution in [0.3, 0.4) is 0 Å². The van der Waals surface area contributed by atoms with Gasteiger partial charge in [0.2, 0.25) is 0 Å². The Morgan fingerprint density at radius 2 is 1.77 bits per heavy atom. The topological polar surface area (TPSA) is 72.8 Å². The third-order valence-corrected chi connectivity index (χ3v) is 6.37. The molecule has 4 rings (SSSR count). The average Bonchev–Trinajstić information content (AvgIpc) is 3.15. The Balaban J connectivity index is 1.66. The molecule has 6 heteroatoms. The highest BCUT2D eigenvalue weighted by Gasteiger charge is 2.43. The number of fused-ring (bicyclic) bond motifs is 1. The molecular weight excluding hydrogens is 396 g/mol. The predicted octanol–water partition coefficient (Wildman–Crippen LogP) is 3.29. The van der Waals surface area contributed by atoms with E-state index < -0.39 is 5.97 Å². The number of hydrogen-bond donors (Lipinski definition) is 0. The number of carboxylic acid groups (broad SMARTS) is 1. The van der Waals surface area contributed by atoms with Crippen LogP contribution in [0.1, 0.15) is 36.4 Å². The molecule has 154 valence electrons. The Bertz CT molecular complexity index is 972. The Morgan fingerprint density at radius 1 is 1.07 bits per heavy atom. The normalized spacial score (nSPS) is 21.9. The molecule has 1 fully saturated rings. The molecule has 0 bridgehead atoms. The van der Waals surface area contributed by atoms with E-state index in [9.17, 15) is 14.7 Å². The zero-order valence-corrected chi connectivity index (χ0v) is 17.4. The minimum Gasteiger partial charge on any atom is -0.549 e. The van der Waals surface area contributed by atoms with Gasteiger partial charge in [-0.3, -0.25) is 4.79 Å². The number of carboxylic acids is 1. The lowest BCUT2D eigenvalue weighted by atomic mass is 9.77. The largest absolute Gasteiger partial charge is 0.549 e. The third-order valence-electron chi connectivity index (χ3n) is 5.48. The number of hydrogen-bond acceptors (Lipinski definition) is 5. The van der Waals surface area contributed by atoms with Crippen LogP contribution in [0.5, 0.6) is 0 Å². The van der Waals surface area contributed by atoms with Gasteiger partial charge < -0.3 is 9.90 Å². The zero-order valence-electron chi connectivity index (χ0n) is 16.6. The Labute approximate surface area is 180 Å². The smallest absolute Gasteiger partial charge is 0.253 e. The van der Waals surface area contributed by atoms with Gasteiger partial charge in [0.1, 0.15) is 0 Å². The van der Waals surface area contributed by atoms with Gasteiger partial charge in [0.05, 0.1) is 23.5 Å². The minimum atomic E-state index is -1.16. The van der Waals surface area contributed by atoms with Gasteiger partial charge in [0, 0.05) is 11.7 Å². The minimum absolute atomic E-state index is 0.0680. The van der Waals surface area contributed by atoms with Crippen molar-refractivity contribution in [3.05, 3.63) is 77.4 Å². The molecule has 1 heterocycles. The molecule has 1 aliphatic carbocycles. The van der Waals surface area contributed by atoms with E-state index >= 15 is 0 Å². The number of nitrogens with zero attached hydrogens (tertiary/aromatic N) is 2. The zero-order chi connectivity index (χ0) is 20.9. The van der Waals surface area contributed by atoms with Crippen molar-refractivity contribution >= 4 is 35.4 Å². The quantitative estimate of drug-likeness (QED) is 0.720. The molecule has 0 N–H and O–H groups in total. The van der Waals surface area contributed by atoms with Crippen molar-refractivity contribution in [3.8, 4) is 0 Å². The summed E-state index contributed by atoms with van der Waals surface area (Å²) in [6.45, 7) is 0. The number of thioether (sulfide) groups is 1. The van der Waals surface area contributed by atoms with Crippen LogP contribution >= 0.6 is 11.8 Å². The van der Waals surface area contributed by atoms with Gasteiger partial charge >= 0.3 is 0 Å². The first-order valence-corrected chi connectivity index (χ1v) is 11.3. The van der Waals surface area contributed by atoms with Gasteiger partial charge in [-0.1, -0.05) is 60.7 Å². The number of allylic oxidation sites excluding steroid dienone is 1. The lowest BCUT2D eigenvalue weighted by Gasteiger charge is -2.29. The van der Waals surface area contributed by atoms with Crippen LogP contribution in [-0.2, 0) is 9.59 Å². The lowest BCUT2D eigenvalue weighted by Crippen LogP contribution is -2.33. The van der Waals surface area contributed by atoms with E-state index in [4.69, 9.17) is 5.10 Å². The van der Waals surface area contributed by atoms with Gasteiger partial charge in [-0.05, 0) is 42.0 Å². The maximum absolute atomic E-state index is 13.0. The van der Waals surface area contributed by atoms with Crippen LogP contribution in [0.25, 0.3) is 6.08 Å². The highest BCUT2D eigenvalue weighted by Crippen LogP contribution is 2.44. The van der Waals surface area contributed by atoms with Crippen LogP contribution in [-0.4, -0.2) is 34.1 Å². The SMILES string of the molecule is O=C([O-])CSCC(=O)N1N=C2/C(=C/c3ccccc3)CCC[C@H]2[C@H]1c1ccccc1. The summed E-state index contributed by atoms with van der Waals surface area (Å²) in [6, 6.07) is 20.0. The Morgan fingerprint density at radius 3 is 2.47 bits per heavy atom. The van der Waals surface area contributed by atoms with E-state index in [0.717, 1.165) is 47.9 Å². The molecule has 2 aromatic rings. The van der Waals surface area contributed by atoms with E-state index in [-0.39, 0.29) is 29.4 Å². The number of carbonyl (C=O) groups is 2. The van der Waals surface area contributed by atoms with Crippen molar-refractivity contribution < 1.29 is 14.7 Å². The molecule has 0 radical (unpaired) electrons. The van der Waals surface area contributed by atoms with E-state index in [1.807, 2.05) is 48.5 Å². The first-order chi connectivity index (χ1) is 14.6. The molecule has 0 unspecified atom stereocenters. The summed E-state index contributed by atoms with van der Waals surface area (Å²) < 4.78 is 0. The molecule has 2 atom stereocenters. The number of benzene rings is 2. The number of amides is 1. The van der Waals surface area contributed by atoms with Crippen LogP contribution in [0.4, 0.5) is 0 Å². The van der Waals surface area contributed by atoms with Crippen molar-refractivity contribution in [1.29, 1.82) is 0 Å². The molecule has 2 aromatic carbocycles. The summed E-state index contributed by atoms with van der Waals surface area (Å²) in [4.78, 5) is 23.7. The second-order valence-corrected chi connectivity index (χ2v) is 8.51. The lowest BCUT2D eigenvalue weighted by molar-refractivity contribution is -0.301. The average molecular weight is 420 g/mol. The number of aliphatic carboxylic acids is 1. The standard InChI is InChI=1S/C24H24N2O3S/c27-21(15-30-16-22(28)29)26-24(18-10-5-2-6-11-18)20-13-7-12-19(23(20)25-26)14-17-8-3-1-4-9-17/h1-6,8-11,14,20,24H,7,12-13,15-16H2,(H,28,29)/p-1/b19-14+/t20-,24-/m1/s1. The van der Waals surface area contributed by atoms with Gasteiger partial charge in [-0.25, -0.2) is 5.01 Å². The molecule has 1 aliphatic heterocycles. The predicted molar refractivity (Wildman–Crippen MR) is 118 cm³/mol. The van der Waals surface area contributed by atoms with E-state index in [1.54, 1.807) is 5.01 Å². The fraction of sp³-hybridized carbons (Fsp3) is 0.292. The van der Waals surface area contributed by atoms with Crippen molar-refractivity contribution in [1.82, 2.24) is 5.01 Å². The molecule has 1 saturated carbocycles. The summed E-state index contributed by atoms with van der Waals surface area (Å²) in [7, 11) is 0. The maximum Gasteiger partial charge on any atom is 0.253 e. The number of hydrazone groups is 1. The van der Waals surface area contributed by atoms with Gasteiger partial charge in [-0.2, -0.15) is 5.10 Å². The van der Waals surface area contributed by atoms with Crippen LogP contribution in [0.15, 0.2) is 71.3 Å². The first-order valence-electron chi connectivity index (χ1n) is 10.1. The van der Waals surface area contributed by atoms with E-state index in [2.05, 4.69) is 18.2 Å². The summed E-state index contributed by atoms with van der Waals surface area (Å²) in [5.41, 5.74) is 4.34. The molecular formula is C24H23N2O3S-. The summed E-state index contributed by atoms with van der Waals surface area (Å²) >= 11 is 1.05. The van der Waals surface area contributed by atoms with Crippen LogP contribution < -0.4 is 5.11 Å². The summed E-state index contributed by atoms with van der Waals surface area (Å²) in [5, 5.41) is 17.1. The van der Waals surface area contributed by atoms with Gasteiger partial charge in [0.25, 0.3) is 5.91 Å². The highest BCUT2D eigenvalue weighted by molar-refractivity contribution is 8.00. The summed E-state index contributed by atoms with van der Waals surface area (Å²) in [6.07, 6.45) is 5.13. The van der Waals surface area contributed by atoms with Crippen LogP contribution in [0.2, 0.25) is 0 Å². The van der Waals surface area contributed by atoms with Crippen molar-refractivity contribution in [2.45, 2.75) is 25.3 Å². The summed E-state index contributed by atoms with van der Waals surface area (Å²) in [5.74, 6) is -1.32. The maximum atomic E-state index is 13.0. The monoisotopic (exact) mass is 419 g/mol. The number of carbonyl (C=O) groups excluding carboxylic acids is 2. The van der Waals surface area contributed by atoms with Gasteiger partial charge in [0.15, 0.2) is 0 Å². The molecule has 2 aliphatic rings. The van der Waals surface area contributed by atoms with E-state index in [0.29, 0.717) is 0 Å². The van der Waals surface area contributed by atoms with Gasteiger partial charge in [-0.15, -0.1) is 11.8 Å². The molecule has 0 saturated heterocycles. The van der Waals surface area contributed by atoms with Crippen molar-refractivity contribution in [2.75, 3.05) is 11.5 Å². The van der Waals surface area contributed by atoms with E-state index in [1.165, 1.54) is 5.57 Å². The number of rotatable bonds is 6. The molecule has 5 nitrogen and oxygen atoms in total. The molecule has 0 aromatic heterocycles. The molecule has 30 heavy (non-hydrogen) atoms. The highest BCUT2D eigenvalue weighted by atomic mass is 32.2. The third kappa shape index (κ3) is 4.49. The van der Waals surface area contributed by atoms with Crippen molar-refractivity contribution in [2.24, 2.45) is 11.0 Å². The van der Waals surface area contributed by atoms with Crippen LogP contribution in [0, 0.1) is 5.92 Å². The fourth-order valence-electron chi connectivity index (χ4n) is 4.23. The second-order valence-electron chi connectivity index (χ2n) is 7.52. The van der Waals surface area contributed by atoms with Crippen molar-refractivity contribution in [3.63, 3.8) is 0 Å². The Kier molecular flexibility index (Phi) is 6.33. The first kappa shape index (κ1) is 20.4. The molecule has 0 spiro atoms. The fourth-order valence-corrected chi connectivity index (χ4v) is 4.80. The second kappa shape index (κ2) is 9.30.